The maximum Gasteiger partial charge on any atom is 0.280 e. The van der Waals surface area contributed by atoms with Crippen molar-refractivity contribution in [2.75, 3.05) is 18.0 Å². The van der Waals surface area contributed by atoms with Crippen molar-refractivity contribution in [3.63, 3.8) is 0 Å². The topological polar surface area (TPSA) is 108 Å². The van der Waals surface area contributed by atoms with Gasteiger partial charge in [-0.2, -0.15) is 4.98 Å². The van der Waals surface area contributed by atoms with Gasteiger partial charge in [-0.05, 0) is 5.57 Å². The van der Waals surface area contributed by atoms with Gasteiger partial charge in [0.05, 0.1) is 17.5 Å². The molecule has 4 aromatic heterocycles. The van der Waals surface area contributed by atoms with Crippen LogP contribution in [-0.4, -0.2) is 47.3 Å². The zero-order valence-electron chi connectivity index (χ0n) is 16.2. The van der Waals surface area contributed by atoms with Gasteiger partial charge in [0.2, 0.25) is 5.89 Å². The van der Waals surface area contributed by atoms with E-state index in [1.54, 1.807) is 17.9 Å². The first-order valence-electron chi connectivity index (χ1n) is 9.48. The molecule has 4 aromatic rings. The van der Waals surface area contributed by atoms with Gasteiger partial charge in [-0.15, -0.1) is 0 Å². The molecule has 0 aromatic carbocycles. The third-order valence-electron chi connectivity index (χ3n) is 5.63. The lowest BCUT2D eigenvalue weighted by Crippen LogP contribution is -2.22. The molecule has 1 fully saturated rings. The summed E-state index contributed by atoms with van der Waals surface area (Å²) in [6.07, 6.45) is 4.10. The smallest absolute Gasteiger partial charge is 0.280 e. The maximum absolute atomic E-state index is 13.3. The fourth-order valence-corrected chi connectivity index (χ4v) is 4.16. The number of pyridine rings is 1. The van der Waals surface area contributed by atoms with Crippen LogP contribution >= 0.6 is 11.6 Å². The van der Waals surface area contributed by atoms with E-state index in [0.717, 1.165) is 11.8 Å². The van der Waals surface area contributed by atoms with Crippen LogP contribution in [-0.2, 0) is 13.6 Å². The highest BCUT2D eigenvalue weighted by molar-refractivity contribution is 6.30. The Bertz CT molecular complexity index is 1450. The van der Waals surface area contributed by atoms with Crippen LogP contribution in [0.1, 0.15) is 11.7 Å². The molecule has 12 heteroatoms. The molecule has 0 saturated carbocycles. The summed E-state index contributed by atoms with van der Waals surface area (Å²) in [5.41, 5.74) is 2.83. The number of rotatable bonds is 4. The molecular formula is C19H14ClFN8O2. The number of halogens is 2. The lowest BCUT2D eigenvalue weighted by atomic mass is 10.2. The first-order valence-corrected chi connectivity index (χ1v) is 9.85. The van der Waals surface area contributed by atoms with Crippen LogP contribution in [0, 0.1) is 11.7 Å². The van der Waals surface area contributed by atoms with Crippen LogP contribution in [0.2, 0.25) is 5.02 Å². The standard InChI is InChI=1S/C19H14ClFN8O2/c1-27-7-23-18-16(27)19(30)29(8-24-18)6-14-25-17(26-31-14)15-9-4-28(5-10(9)15)13-2-11(20)12(21)3-22-13/h2-3,7-9H,4-6H2,1H3/t9-/m1/s1. The minimum Gasteiger partial charge on any atom is -0.352 e. The number of hydrogen-bond acceptors (Lipinski definition) is 8. The number of fused-ring (bicyclic) bond motifs is 2. The summed E-state index contributed by atoms with van der Waals surface area (Å²) < 4.78 is 21.8. The molecule has 156 valence electrons. The summed E-state index contributed by atoms with van der Waals surface area (Å²) in [6.45, 7) is 1.47. The van der Waals surface area contributed by atoms with E-state index in [0.29, 0.717) is 41.8 Å². The van der Waals surface area contributed by atoms with E-state index in [4.69, 9.17) is 16.1 Å². The van der Waals surface area contributed by atoms with E-state index in [9.17, 15) is 9.18 Å². The monoisotopic (exact) mass is 440 g/mol. The Balaban J connectivity index is 1.21. The molecular weight excluding hydrogens is 427 g/mol. The highest BCUT2D eigenvalue weighted by atomic mass is 35.5. The average Bonchev–Trinajstić information content (AvgIpc) is 3.18. The molecule has 2 aliphatic rings. The number of hydrogen-bond donors (Lipinski definition) is 0. The van der Waals surface area contributed by atoms with Crippen LogP contribution in [0.15, 0.2) is 39.8 Å². The molecule has 1 aliphatic heterocycles. The first-order chi connectivity index (χ1) is 15.0. The van der Waals surface area contributed by atoms with E-state index in [2.05, 4.69) is 25.1 Å². The summed E-state index contributed by atoms with van der Waals surface area (Å²) in [5, 5.41) is 4.13. The van der Waals surface area contributed by atoms with Crippen molar-refractivity contribution in [1.82, 2.24) is 34.2 Å². The van der Waals surface area contributed by atoms with Crippen molar-refractivity contribution in [3.8, 4) is 0 Å². The van der Waals surface area contributed by atoms with Crippen LogP contribution in [0.3, 0.4) is 0 Å². The Kier molecular flexibility index (Phi) is 3.78. The maximum atomic E-state index is 13.3. The summed E-state index contributed by atoms with van der Waals surface area (Å²) in [5.74, 6) is 1.17. The van der Waals surface area contributed by atoms with Gasteiger partial charge < -0.3 is 14.0 Å². The Morgan fingerprint density at radius 1 is 1.29 bits per heavy atom. The van der Waals surface area contributed by atoms with Crippen LogP contribution in [0.4, 0.5) is 10.2 Å². The minimum atomic E-state index is -0.536. The Morgan fingerprint density at radius 2 is 2.13 bits per heavy atom. The van der Waals surface area contributed by atoms with Crippen molar-refractivity contribution < 1.29 is 8.91 Å². The molecule has 0 N–H and O–H groups in total. The molecule has 5 heterocycles. The summed E-state index contributed by atoms with van der Waals surface area (Å²) in [7, 11) is 1.74. The number of imidazole rings is 1. The molecule has 1 saturated heterocycles. The Hall–Kier alpha value is -3.60. The molecule has 0 radical (unpaired) electrons. The summed E-state index contributed by atoms with van der Waals surface area (Å²) >= 11 is 5.86. The second kappa shape index (κ2) is 6.45. The van der Waals surface area contributed by atoms with Gasteiger partial charge in [0.1, 0.15) is 18.7 Å². The van der Waals surface area contributed by atoms with E-state index in [1.165, 1.54) is 22.5 Å². The average molecular weight is 441 g/mol. The lowest BCUT2D eigenvalue weighted by molar-refractivity contribution is 0.367. The minimum absolute atomic E-state index is 0.0524. The predicted octanol–water partition coefficient (Wildman–Crippen LogP) is 1.65. The summed E-state index contributed by atoms with van der Waals surface area (Å²) in [4.78, 5) is 31.5. The van der Waals surface area contributed by atoms with E-state index < -0.39 is 5.82 Å². The van der Waals surface area contributed by atoms with Gasteiger partial charge in [-0.1, -0.05) is 16.8 Å². The lowest BCUT2D eigenvalue weighted by Gasteiger charge is -2.18. The van der Waals surface area contributed by atoms with Crippen molar-refractivity contribution in [1.29, 1.82) is 0 Å². The van der Waals surface area contributed by atoms with Gasteiger partial charge in [0.25, 0.3) is 5.56 Å². The predicted molar refractivity (Wildman–Crippen MR) is 108 cm³/mol. The quantitative estimate of drug-likeness (QED) is 0.471. The second-order valence-corrected chi connectivity index (χ2v) is 7.95. The number of nitrogens with zero attached hydrogens (tertiary/aromatic N) is 8. The highest BCUT2D eigenvalue weighted by Gasteiger charge is 2.47. The van der Waals surface area contributed by atoms with E-state index >= 15 is 0 Å². The number of aryl methyl sites for hydroxylation is 1. The van der Waals surface area contributed by atoms with Gasteiger partial charge in [-0.25, -0.2) is 19.3 Å². The van der Waals surface area contributed by atoms with E-state index in [-0.39, 0.29) is 23.0 Å². The normalized spacial score (nSPS) is 17.6. The molecule has 6 rings (SSSR count). The van der Waals surface area contributed by atoms with Crippen molar-refractivity contribution in [3.05, 3.63) is 63.4 Å². The number of aromatic nitrogens is 7. The molecule has 0 unspecified atom stereocenters. The van der Waals surface area contributed by atoms with Gasteiger partial charge in [-0.3, -0.25) is 9.36 Å². The van der Waals surface area contributed by atoms with Crippen molar-refractivity contribution >= 4 is 34.2 Å². The molecule has 0 bridgehead atoms. The third kappa shape index (κ3) is 2.84. The molecule has 31 heavy (non-hydrogen) atoms. The molecule has 1 aliphatic carbocycles. The fourth-order valence-electron chi connectivity index (χ4n) is 4.02. The van der Waals surface area contributed by atoms with Crippen molar-refractivity contribution in [2.24, 2.45) is 13.0 Å². The van der Waals surface area contributed by atoms with E-state index in [1.807, 2.05) is 4.90 Å². The second-order valence-electron chi connectivity index (χ2n) is 7.55. The molecule has 0 amide bonds. The van der Waals surface area contributed by atoms with Crippen LogP contribution in [0.5, 0.6) is 0 Å². The molecule has 10 nitrogen and oxygen atoms in total. The van der Waals surface area contributed by atoms with Crippen LogP contribution in [0.25, 0.3) is 16.7 Å². The summed E-state index contributed by atoms with van der Waals surface area (Å²) in [6, 6.07) is 1.53. The fraction of sp³-hybridized carbons (Fsp3) is 0.263. The zero-order valence-corrected chi connectivity index (χ0v) is 16.9. The van der Waals surface area contributed by atoms with Crippen LogP contribution < -0.4 is 10.5 Å². The van der Waals surface area contributed by atoms with Gasteiger partial charge in [0, 0.05) is 37.7 Å². The highest BCUT2D eigenvalue weighted by Crippen LogP contribution is 2.51. The van der Waals surface area contributed by atoms with Gasteiger partial charge in [0.15, 0.2) is 22.8 Å². The number of anilines is 1. The van der Waals surface area contributed by atoms with Gasteiger partial charge >= 0.3 is 0 Å². The first kappa shape index (κ1) is 18.2. The molecule has 0 spiro atoms. The molecule has 1 atom stereocenters. The Labute approximate surface area is 178 Å². The Morgan fingerprint density at radius 3 is 2.90 bits per heavy atom. The largest absolute Gasteiger partial charge is 0.352 e. The SMILES string of the molecule is Cn1cnc2ncn(Cc3nc(C4=C5CN(c6cc(Cl)c(F)cn6)C[C@H]54)no3)c(=O)c21. The zero-order chi connectivity index (χ0) is 21.3. The third-order valence-corrected chi connectivity index (χ3v) is 5.92. The van der Waals surface area contributed by atoms with Crippen molar-refractivity contribution in [2.45, 2.75) is 6.54 Å².